The van der Waals surface area contributed by atoms with Gasteiger partial charge in [-0.3, -0.25) is 4.79 Å². The van der Waals surface area contributed by atoms with Crippen LogP contribution in [-0.4, -0.2) is 54.5 Å². The van der Waals surface area contributed by atoms with E-state index >= 15 is 0 Å². The minimum Gasteiger partial charge on any atom is -0.340 e. The minimum atomic E-state index is -0.0804. The van der Waals surface area contributed by atoms with Crippen molar-refractivity contribution in [2.75, 3.05) is 44.4 Å². The Bertz CT molecular complexity index is 957. The fourth-order valence-corrected chi connectivity index (χ4v) is 2.80. The average molecular weight is 378 g/mol. The average Bonchev–Trinajstić information content (AvgIpc) is 2.66. The molecule has 0 atom stereocenters. The summed E-state index contributed by atoms with van der Waals surface area (Å²) in [4.78, 5) is 22.9. The third-order valence-electron chi connectivity index (χ3n) is 4.22. The molecular weight excluding hydrogens is 352 g/mol. The number of amides is 1. The summed E-state index contributed by atoms with van der Waals surface area (Å²) in [6.45, 7) is 3.96. The molecule has 0 saturated heterocycles. The van der Waals surface area contributed by atoms with Gasteiger partial charge in [-0.05, 0) is 56.9 Å². The molecule has 3 aromatic rings. The van der Waals surface area contributed by atoms with E-state index in [1.165, 1.54) is 6.33 Å². The first-order chi connectivity index (χ1) is 13.5. The summed E-state index contributed by atoms with van der Waals surface area (Å²) in [7, 11) is 4.00. The number of fused-ring (bicyclic) bond motifs is 1. The quantitative estimate of drug-likeness (QED) is 0.523. The van der Waals surface area contributed by atoms with Gasteiger partial charge >= 0.3 is 0 Å². The molecule has 2 aromatic carbocycles. The van der Waals surface area contributed by atoms with Crippen LogP contribution in [0.3, 0.4) is 0 Å². The van der Waals surface area contributed by atoms with E-state index in [1.54, 1.807) is 0 Å². The molecule has 0 radical (unpaired) electrons. The zero-order valence-electron chi connectivity index (χ0n) is 16.5. The van der Waals surface area contributed by atoms with Gasteiger partial charge in [0.05, 0.1) is 12.1 Å². The Morgan fingerprint density at radius 2 is 1.93 bits per heavy atom. The van der Waals surface area contributed by atoms with E-state index in [1.807, 2.05) is 57.4 Å². The zero-order chi connectivity index (χ0) is 19.9. The van der Waals surface area contributed by atoms with Gasteiger partial charge in [-0.1, -0.05) is 12.1 Å². The fourth-order valence-electron chi connectivity index (χ4n) is 2.80. The van der Waals surface area contributed by atoms with Gasteiger partial charge < -0.3 is 20.9 Å². The predicted octanol–water partition coefficient (Wildman–Crippen LogP) is 2.77. The van der Waals surface area contributed by atoms with Crippen LogP contribution in [0.15, 0.2) is 48.8 Å². The van der Waals surface area contributed by atoms with Crippen molar-refractivity contribution < 1.29 is 4.79 Å². The lowest BCUT2D eigenvalue weighted by atomic mass is 10.2. The number of anilines is 3. The number of nitrogens with one attached hydrogen (secondary N) is 3. The molecule has 7 heteroatoms. The van der Waals surface area contributed by atoms with Crippen molar-refractivity contribution >= 4 is 34.0 Å². The monoisotopic (exact) mass is 378 g/mol. The number of likely N-dealkylation sites (N-methyl/N-ethyl adjacent to an activating group) is 1. The molecule has 3 N–H and O–H groups in total. The molecule has 0 aliphatic heterocycles. The molecule has 0 bridgehead atoms. The third kappa shape index (κ3) is 5.48. The molecule has 3 rings (SSSR count). The molecule has 1 aromatic heterocycles. The maximum atomic E-state index is 12.2. The normalized spacial score (nSPS) is 11.0. The van der Waals surface area contributed by atoms with E-state index in [-0.39, 0.29) is 12.5 Å². The third-order valence-corrected chi connectivity index (χ3v) is 4.22. The molecule has 1 heterocycles. The van der Waals surface area contributed by atoms with Crippen molar-refractivity contribution in [2.45, 2.75) is 6.92 Å². The van der Waals surface area contributed by atoms with Crippen LogP contribution in [-0.2, 0) is 4.79 Å². The highest BCUT2D eigenvalue weighted by molar-refractivity contribution is 5.97. The first-order valence-electron chi connectivity index (χ1n) is 9.25. The topological polar surface area (TPSA) is 82.2 Å². The van der Waals surface area contributed by atoms with Crippen molar-refractivity contribution in [3.63, 3.8) is 0 Å². The fraction of sp³-hybridized carbons (Fsp3) is 0.286. The molecule has 0 spiro atoms. The van der Waals surface area contributed by atoms with Crippen LogP contribution in [0.5, 0.6) is 0 Å². The number of carbonyl (C=O) groups excluding carboxylic acids is 1. The standard InChI is InChI=1S/C21H26N6O/c1-15-5-4-6-16(11-15)26-21-18-12-17(7-8-19(18)23-14-24-21)25-20(28)13-22-9-10-27(2)3/h4-8,11-12,14,22H,9-10,13H2,1-3H3,(H,25,28)(H,23,24,26). The number of aryl methyl sites for hydroxylation is 1. The van der Waals surface area contributed by atoms with Crippen LogP contribution in [0, 0.1) is 6.92 Å². The maximum absolute atomic E-state index is 12.2. The first-order valence-corrected chi connectivity index (χ1v) is 9.25. The molecule has 146 valence electrons. The number of nitrogens with zero attached hydrogens (tertiary/aromatic N) is 3. The Hall–Kier alpha value is -3.03. The summed E-state index contributed by atoms with van der Waals surface area (Å²) < 4.78 is 0. The summed E-state index contributed by atoms with van der Waals surface area (Å²) in [6, 6.07) is 13.7. The summed E-state index contributed by atoms with van der Waals surface area (Å²) in [5.74, 6) is 0.624. The second kappa shape index (κ2) is 9.25. The van der Waals surface area contributed by atoms with E-state index < -0.39 is 0 Å². The van der Waals surface area contributed by atoms with E-state index in [9.17, 15) is 4.79 Å². The molecule has 0 aliphatic rings. The van der Waals surface area contributed by atoms with Crippen molar-refractivity contribution in [3.05, 3.63) is 54.4 Å². The van der Waals surface area contributed by atoms with Crippen LogP contribution >= 0.6 is 0 Å². The van der Waals surface area contributed by atoms with E-state index in [0.29, 0.717) is 11.5 Å². The van der Waals surface area contributed by atoms with Gasteiger partial charge in [0, 0.05) is 29.9 Å². The van der Waals surface area contributed by atoms with Crippen LogP contribution < -0.4 is 16.0 Å². The summed E-state index contributed by atoms with van der Waals surface area (Å²) in [6.07, 6.45) is 1.54. The highest BCUT2D eigenvalue weighted by Crippen LogP contribution is 2.26. The second-order valence-electron chi connectivity index (χ2n) is 6.98. The Labute approximate surface area is 165 Å². The predicted molar refractivity (Wildman–Crippen MR) is 114 cm³/mol. The van der Waals surface area contributed by atoms with E-state index in [4.69, 9.17) is 0 Å². The van der Waals surface area contributed by atoms with E-state index in [2.05, 4.69) is 36.9 Å². The van der Waals surface area contributed by atoms with Crippen LogP contribution in [0.2, 0.25) is 0 Å². The SMILES string of the molecule is Cc1cccc(Nc2ncnc3ccc(NC(=O)CNCCN(C)C)cc23)c1. The van der Waals surface area contributed by atoms with Gasteiger partial charge in [0.25, 0.3) is 0 Å². The molecule has 0 fully saturated rings. The van der Waals surface area contributed by atoms with Crippen molar-refractivity contribution in [3.8, 4) is 0 Å². The number of carbonyl (C=O) groups is 1. The summed E-state index contributed by atoms with van der Waals surface area (Å²) >= 11 is 0. The van der Waals surface area contributed by atoms with Crippen LogP contribution in [0.4, 0.5) is 17.2 Å². The number of benzene rings is 2. The molecule has 7 nitrogen and oxygen atoms in total. The number of aromatic nitrogens is 2. The molecule has 1 amide bonds. The van der Waals surface area contributed by atoms with Crippen molar-refractivity contribution in [1.29, 1.82) is 0 Å². The van der Waals surface area contributed by atoms with Gasteiger partial charge in [0.15, 0.2) is 0 Å². The number of hydrogen-bond acceptors (Lipinski definition) is 6. The van der Waals surface area contributed by atoms with Crippen LogP contribution in [0.25, 0.3) is 10.9 Å². The Balaban J connectivity index is 1.72. The lowest BCUT2D eigenvalue weighted by Gasteiger charge is -2.12. The summed E-state index contributed by atoms with van der Waals surface area (Å²) in [5.41, 5.74) is 3.65. The van der Waals surface area contributed by atoms with Crippen LogP contribution in [0.1, 0.15) is 5.56 Å². The molecule has 0 saturated carbocycles. The largest absolute Gasteiger partial charge is 0.340 e. The Morgan fingerprint density at radius 3 is 2.71 bits per heavy atom. The molecule has 28 heavy (non-hydrogen) atoms. The maximum Gasteiger partial charge on any atom is 0.238 e. The minimum absolute atomic E-state index is 0.0804. The highest BCUT2D eigenvalue weighted by Gasteiger charge is 2.08. The highest BCUT2D eigenvalue weighted by atomic mass is 16.1. The summed E-state index contributed by atoms with van der Waals surface area (Å²) in [5, 5.41) is 10.2. The molecule has 0 aliphatic carbocycles. The lowest BCUT2D eigenvalue weighted by Crippen LogP contribution is -2.33. The Kier molecular flexibility index (Phi) is 6.52. The molecule has 0 unspecified atom stereocenters. The number of hydrogen-bond donors (Lipinski definition) is 3. The first kappa shape index (κ1) is 19.7. The van der Waals surface area contributed by atoms with E-state index in [0.717, 1.165) is 35.2 Å². The number of rotatable bonds is 8. The second-order valence-corrected chi connectivity index (χ2v) is 6.98. The zero-order valence-corrected chi connectivity index (χ0v) is 16.5. The van der Waals surface area contributed by atoms with Gasteiger partial charge in [-0.2, -0.15) is 0 Å². The van der Waals surface area contributed by atoms with Crippen molar-refractivity contribution in [1.82, 2.24) is 20.2 Å². The van der Waals surface area contributed by atoms with Gasteiger partial charge in [0.1, 0.15) is 12.1 Å². The van der Waals surface area contributed by atoms with Gasteiger partial charge in [-0.15, -0.1) is 0 Å². The van der Waals surface area contributed by atoms with Gasteiger partial charge in [0.2, 0.25) is 5.91 Å². The van der Waals surface area contributed by atoms with Crippen molar-refractivity contribution in [2.24, 2.45) is 0 Å². The lowest BCUT2D eigenvalue weighted by molar-refractivity contribution is -0.115. The van der Waals surface area contributed by atoms with Gasteiger partial charge in [-0.25, -0.2) is 9.97 Å². The smallest absolute Gasteiger partial charge is 0.238 e. The Morgan fingerprint density at radius 1 is 1.07 bits per heavy atom. The molecular formula is C21H26N6O.